The van der Waals surface area contributed by atoms with Crippen LogP contribution in [-0.2, 0) is 0 Å². The van der Waals surface area contributed by atoms with E-state index in [4.69, 9.17) is 5.73 Å². The highest BCUT2D eigenvalue weighted by molar-refractivity contribution is 5.10. The lowest BCUT2D eigenvalue weighted by Crippen LogP contribution is -2.36. The van der Waals surface area contributed by atoms with Crippen molar-refractivity contribution in [1.82, 2.24) is 19.4 Å². The Bertz CT molecular complexity index is 439. The summed E-state index contributed by atoms with van der Waals surface area (Å²) in [5, 5.41) is 0. The van der Waals surface area contributed by atoms with E-state index in [1.165, 1.54) is 38.0 Å². The largest absolute Gasteiger partial charge is 0.330 e. The number of aromatic nitrogens is 2. The van der Waals surface area contributed by atoms with Crippen LogP contribution in [0, 0.1) is 5.92 Å². The zero-order valence-corrected chi connectivity index (χ0v) is 12.7. The van der Waals surface area contributed by atoms with E-state index >= 15 is 0 Å². The summed E-state index contributed by atoms with van der Waals surface area (Å²) in [5.74, 6) is 0.774. The first-order valence-corrected chi connectivity index (χ1v) is 7.79. The predicted molar refractivity (Wildman–Crippen MR) is 80.5 cm³/mol. The molecule has 20 heavy (non-hydrogen) atoms. The van der Waals surface area contributed by atoms with Gasteiger partial charge in [0.05, 0.1) is 18.1 Å². The van der Waals surface area contributed by atoms with Crippen LogP contribution in [0.5, 0.6) is 0 Å². The van der Waals surface area contributed by atoms with Crippen molar-refractivity contribution in [3.05, 3.63) is 18.2 Å². The monoisotopic (exact) mass is 277 g/mol. The van der Waals surface area contributed by atoms with Crippen LogP contribution in [0.4, 0.5) is 0 Å². The van der Waals surface area contributed by atoms with Gasteiger partial charge in [-0.2, -0.15) is 0 Å². The zero-order chi connectivity index (χ0) is 14.1. The van der Waals surface area contributed by atoms with Crippen LogP contribution in [0.2, 0.25) is 0 Å². The summed E-state index contributed by atoms with van der Waals surface area (Å²) in [6, 6.07) is 0.969. The van der Waals surface area contributed by atoms with Crippen molar-refractivity contribution in [2.75, 3.05) is 40.3 Å². The lowest BCUT2D eigenvalue weighted by Gasteiger charge is -2.30. The molecular weight excluding hydrogens is 250 g/mol. The number of imidazole rings is 1. The summed E-state index contributed by atoms with van der Waals surface area (Å²) in [4.78, 5) is 9.20. The summed E-state index contributed by atoms with van der Waals surface area (Å²) in [6.07, 6.45) is 7.87. The van der Waals surface area contributed by atoms with Crippen molar-refractivity contribution >= 4 is 0 Å². The van der Waals surface area contributed by atoms with Crippen molar-refractivity contribution in [2.45, 2.75) is 31.3 Å². The molecule has 3 rings (SSSR count). The first-order chi connectivity index (χ1) is 9.69. The minimum atomic E-state index is 0.295. The molecule has 2 N–H and O–H groups in total. The highest BCUT2D eigenvalue weighted by atomic mass is 15.2. The Labute approximate surface area is 121 Å². The van der Waals surface area contributed by atoms with Crippen LogP contribution < -0.4 is 5.73 Å². The maximum Gasteiger partial charge on any atom is 0.0951 e. The molecule has 1 saturated heterocycles. The van der Waals surface area contributed by atoms with Gasteiger partial charge in [0.25, 0.3) is 0 Å². The SMILES string of the molecule is CN1CCC(CN(C)C(CN)c2cncn2C2CC2)C1. The van der Waals surface area contributed by atoms with Gasteiger partial charge in [-0.1, -0.05) is 0 Å². The van der Waals surface area contributed by atoms with Gasteiger partial charge in [0.1, 0.15) is 0 Å². The Morgan fingerprint density at radius 2 is 2.25 bits per heavy atom. The third kappa shape index (κ3) is 2.90. The molecule has 112 valence electrons. The number of hydrogen-bond donors (Lipinski definition) is 1. The third-order valence-corrected chi connectivity index (χ3v) is 4.77. The average molecular weight is 277 g/mol. The van der Waals surface area contributed by atoms with Crippen LogP contribution >= 0.6 is 0 Å². The summed E-state index contributed by atoms with van der Waals surface area (Å²) < 4.78 is 2.34. The lowest BCUT2D eigenvalue weighted by molar-refractivity contribution is 0.204. The maximum atomic E-state index is 6.06. The fourth-order valence-electron chi connectivity index (χ4n) is 3.47. The van der Waals surface area contributed by atoms with Gasteiger partial charge < -0.3 is 15.2 Å². The van der Waals surface area contributed by atoms with E-state index in [0.717, 1.165) is 12.5 Å². The topological polar surface area (TPSA) is 50.3 Å². The van der Waals surface area contributed by atoms with E-state index in [0.29, 0.717) is 18.6 Å². The molecule has 2 fully saturated rings. The molecule has 0 amide bonds. The van der Waals surface area contributed by atoms with Gasteiger partial charge in [0.2, 0.25) is 0 Å². The smallest absolute Gasteiger partial charge is 0.0951 e. The van der Waals surface area contributed by atoms with Gasteiger partial charge in [-0.3, -0.25) is 4.90 Å². The summed E-state index contributed by atoms with van der Waals surface area (Å²) in [7, 11) is 4.42. The Morgan fingerprint density at radius 3 is 2.85 bits per heavy atom. The van der Waals surface area contributed by atoms with Gasteiger partial charge in [-0.25, -0.2) is 4.98 Å². The molecule has 5 heteroatoms. The molecule has 2 heterocycles. The third-order valence-electron chi connectivity index (χ3n) is 4.77. The molecule has 2 atom stereocenters. The highest BCUT2D eigenvalue weighted by Gasteiger charge is 2.30. The molecule has 5 nitrogen and oxygen atoms in total. The fraction of sp³-hybridized carbons (Fsp3) is 0.800. The van der Waals surface area contributed by atoms with Gasteiger partial charge in [0, 0.05) is 31.9 Å². The highest BCUT2D eigenvalue weighted by Crippen LogP contribution is 2.37. The van der Waals surface area contributed by atoms with E-state index < -0.39 is 0 Å². The molecule has 1 aliphatic heterocycles. The number of nitrogens with two attached hydrogens (primary N) is 1. The van der Waals surface area contributed by atoms with Gasteiger partial charge in [-0.05, 0) is 45.8 Å². The zero-order valence-electron chi connectivity index (χ0n) is 12.7. The quantitative estimate of drug-likeness (QED) is 0.846. The normalized spacial score (nSPS) is 25.5. The first-order valence-electron chi connectivity index (χ1n) is 7.79. The van der Waals surface area contributed by atoms with Crippen molar-refractivity contribution in [3.8, 4) is 0 Å². The molecule has 2 unspecified atom stereocenters. The van der Waals surface area contributed by atoms with Crippen LogP contribution in [0.3, 0.4) is 0 Å². The van der Waals surface area contributed by atoms with E-state index in [1.807, 2.05) is 12.5 Å². The number of nitrogens with zero attached hydrogens (tertiary/aromatic N) is 4. The van der Waals surface area contributed by atoms with Crippen molar-refractivity contribution in [2.24, 2.45) is 11.7 Å². The van der Waals surface area contributed by atoms with Gasteiger partial charge in [-0.15, -0.1) is 0 Å². The van der Waals surface area contributed by atoms with Crippen molar-refractivity contribution in [3.63, 3.8) is 0 Å². The van der Waals surface area contributed by atoms with Crippen molar-refractivity contribution in [1.29, 1.82) is 0 Å². The molecule has 2 aliphatic rings. The molecule has 1 saturated carbocycles. The summed E-state index contributed by atoms with van der Waals surface area (Å²) in [6.45, 7) is 4.23. The maximum absolute atomic E-state index is 6.06. The number of hydrogen-bond acceptors (Lipinski definition) is 4. The van der Waals surface area contributed by atoms with Crippen LogP contribution in [0.1, 0.15) is 37.0 Å². The second kappa shape index (κ2) is 5.84. The van der Waals surface area contributed by atoms with Gasteiger partial charge in [0.15, 0.2) is 0 Å². The Balaban J connectivity index is 1.67. The van der Waals surface area contributed by atoms with Crippen LogP contribution in [0.25, 0.3) is 0 Å². The molecule has 1 aromatic heterocycles. The first kappa shape index (κ1) is 14.0. The summed E-state index contributed by atoms with van der Waals surface area (Å²) >= 11 is 0. The Hall–Kier alpha value is -0.910. The number of likely N-dealkylation sites (N-methyl/N-ethyl adjacent to an activating group) is 1. The molecular formula is C15H27N5. The average Bonchev–Trinajstić information content (AvgIpc) is 3.02. The van der Waals surface area contributed by atoms with E-state index in [2.05, 4.69) is 33.4 Å². The predicted octanol–water partition coefficient (Wildman–Crippen LogP) is 1.10. The molecule has 0 aromatic carbocycles. The number of likely N-dealkylation sites (tertiary alicyclic amines) is 1. The standard InChI is InChI=1S/C15H27N5/c1-18-6-5-12(9-18)10-19(2)14(7-16)15-8-17-11-20(15)13-3-4-13/h8,11-14H,3-7,9-10,16H2,1-2H3. The summed E-state index contributed by atoms with van der Waals surface area (Å²) in [5.41, 5.74) is 7.36. The van der Waals surface area contributed by atoms with Crippen LogP contribution in [-0.4, -0.2) is 59.6 Å². The second-order valence-corrected chi connectivity index (χ2v) is 6.56. The molecule has 1 aliphatic carbocycles. The molecule has 0 bridgehead atoms. The minimum absolute atomic E-state index is 0.295. The van der Waals surface area contributed by atoms with Crippen LogP contribution in [0.15, 0.2) is 12.5 Å². The van der Waals surface area contributed by atoms with E-state index in [1.54, 1.807) is 0 Å². The fourth-order valence-corrected chi connectivity index (χ4v) is 3.47. The molecule has 0 spiro atoms. The Kier molecular flexibility index (Phi) is 4.10. The second-order valence-electron chi connectivity index (χ2n) is 6.56. The van der Waals surface area contributed by atoms with Gasteiger partial charge >= 0.3 is 0 Å². The van der Waals surface area contributed by atoms with Crippen molar-refractivity contribution < 1.29 is 0 Å². The lowest BCUT2D eigenvalue weighted by atomic mass is 10.1. The Morgan fingerprint density at radius 1 is 1.45 bits per heavy atom. The molecule has 0 radical (unpaired) electrons. The molecule has 1 aromatic rings. The van der Waals surface area contributed by atoms with E-state index in [9.17, 15) is 0 Å². The van der Waals surface area contributed by atoms with E-state index in [-0.39, 0.29) is 0 Å². The minimum Gasteiger partial charge on any atom is -0.330 e. The number of rotatable bonds is 6.